The molecule has 7 heteroatoms. The van der Waals surface area contributed by atoms with E-state index >= 15 is 0 Å². The van der Waals surface area contributed by atoms with Crippen LogP contribution in [0.25, 0.3) is 0 Å². The first-order valence-electron chi connectivity index (χ1n) is 8.74. The van der Waals surface area contributed by atoms with Gasteiger partial charge in [-0.05, 0) is 38.0 Å². The quantitative estimate of drug-likeness (QED) is 0.799. The topological polar surface area (TPSA) is 84.9 Å². The van der Waals surface area contributed by atoms with Crippen molar-refractivity contribution >= 4 is 17.6 Å². The Kier molecular flexibility index (Phi) is 7.00. The SMILES string of the molecule is COc1ccc(C(=O)NC2CCN(C(=O)CCC(C)=O)CC2)cc1OC. The number of methoxy groups -OCH3 is 2. The van der Waals surface area contributed by atoms with E-state index in [-0.39, 0.29) is 36.5 Å². The number of nitrogens with one attached hydrogen (secondary N) is 1. The summed E-state index contributed by atoms with van der Waals surface area (Å²) in [5, 5.41) is 3.01. The van der Waals surface area contributed by atoms with Crippen LogP contribution >= 0.6 is 0 Å². The Bertz CT molecular complexity index is 666. The van der Waals surface area contributed by atoms with Crippen LogP contribution in [0.3, 0.4) is 0 Å². The van der Waals surface area contributed by atoms with Gasteiger partial charge in [-0.15, -0.1) is 0 Å². The molecule has 0 spiro atoms. The van der Waals surface area contributed by atoms with E-state index in [0.717, 1.165) is 0 Å². The molecule has 142 valence electrons. The minimum absolute atomic E-state index is 0.00451. The van der Waals surface area contributed by atoms with Crippen LogP contribution in [0, 0.1) is 0 Å². The molecule has 1 aliphatic rings. The molecule has 1 saturated heterocycles. The lowest BCUT2D eigenvalue weighted by atomic mass is 10.0. The number of carbonyl (C=O) groups excluding carboxylic acids is 3. The number of amides is 2. The predicted octanol–water partition coefficient (Wildman–Crippen LogP) is 1.79. The van der Waals surface area contributed by atoms with Crippen molar-refractivity contribution in [3.05, 3.63) is 23.8 Å². The van der Waals surface area contributed by atoms with Crippen LogP contribution in [0.15, 0.2) is 18.2 Å². The number of hydrogen-bond donors (Lipinski definition) is 1. The first-order valence-corrected chi connectivity index (χ1v) is 8.74. The number of carbonyl (C=O) groups is 3. The normalized spacial score (nSPS) is 14.7. The average molecular weight is 362 g/mol. The third kappa shape index (κ3) is 5.21. The van der Waals surface area contributed by atoms with Gasteiger partial charge >= 0.3 is 0 Å². The zero-order valence-corrected chi connectivity index (χ0v) is 15.5. The fourth-order valence-electron chi connectivity index (χ4n) is 2.96. The van der Waals surface area contributed by atoms with Crippen LogP contribution in [-0.4, -0.2) is 55.8 Å². The number of nitrogens with zero attached hydrogens (tertiary/aromatic N) is 1. The molecule has 0 unspecified atom stereocenters. The highest BCUT2D eigenvalue weighted by Gasteiger charge is 2.24. The summed E-state index contributed by atoms with van der Waals surface area (Å²) in [5.41, 5.74) is 0.502. The van der Waals surface area contributed by atoms with E-state index in [0.29, 0.717) is 43.0 Å². The van der Waals surface area contributed by atoms with Crippen LogP contribution in [-0.2, 0) is 9.59 Å². The van der Waals surface area contributed by atoms with Gasteiger partial charge in [0.15, 0.2) is 11.5 Å². The number of likely N-dealkylation sites (tertiary alicyclic amines) is 1. The Morgan fingerprint density at radius 1 is 1.08 bits per heavy atom. The molecule has 1 aromatic carbocycles. The minimum atomic E-state index is -0.174. The summed E-state index contributed by atoms with van der Waals surface area (Å²) in [7, 11) is 3.07. The number of rotatable bonds is 7. The van der Waals surface area contributed by atoms with Gasteiger partial charge in [0.05, 0.1) is 14.2 Å². The van der Waals surface area contributed by atoms with Gasteiger partial charge in [-0.1, -0.05) is 0 Å². The highest BCUT2D eigenvalue weighted by molar-refractivity contribution is 5.95. The van der Waals surface area contributed by atoms with E-state index in [1.165, 1.54) is 14.0 Å². The van der Waals surface area contributed by atoms with E-state index in [1.807, 2.05) is 0 Å². The van der Waals surface area contributed by atoms with E-state index in [4.69, 9.17) is 9.47 Å². The Labute approximate surface area is 153 Å². The van der Waals surface area contributed by atoms with E-state index in [1.54, 1.807) is 30.2 Å². The molecule has 7 nitrogen and oxygen atoms in total. The van der Waals surface area contributed by atoms with Crippen molar-refractivity contribution in [1.82, 2.24) is 10.2 Å². The van der Waals surface area contributed by atoms with Crippen molar-refractivity contribution in [3.63, 3.8) is 0 Å². The van der Waals surface area contributed by atoms with Crippen LogP contribution in [0.4, 0.5) is 0 Å². The van der Waals surface area contributed by atoms with E-state index in [2.05, 4.69) is 5.32 Å². The van der Waals surface area contributed by atoms with Gasteiger partial charge in [-0.2, -0.15) is 0 Å². The molecule has 0 saturated carbocycles. The summed E-state index contributed by atoms with van der Waals surface area (Å²) in [4.78, 5) is 37.2. The highest BCUT2D eigenvalue weighted by Crippen LogP contribution is 2.27. The van der Waals surface area contributed by atoms with E-state index in [9.17, 15) is 14.4 Å². The molecule has 0 atom stereocenters. The number of piperidine rings is 1. The Hall–Kier alpha value is -2.57. The zero-order valence-electron chi connectivity index (χ0n) is 15.5. The van der Waals surface area contributed by atoms with Crippen LogP contribution < -0.4 is 14.8 Å². The molecule has 0 aromatic heterocycles. The fraction of sp³-hybridized carbons (Fsp3) is 0.526. The molecular formula is C19H26N2O5. The molecule has 1 aromatic rings. The van der Waals surface area contributed by atoms with Gasteiger partial charge in [0.2, 0.25) is 5.91 Å². The summed E-state index contributed by atoms with van der Waals surface area (Å²) in [5.74, 6) is 0.931. The summed E-state index contributed by atoms with van der Waals surface area (Å²) < 4.78 is 10.4. The average Bonchev–Trinajstić information content (AvgIpc) is 2.65. The Balaban J connectivity index is 1.86. The second-order valence-corrected chi connectivity index (χ2v) is 6.40. The first kappa shape index (κ1) is 19.8. The molecule has 1 fully saturated rings. The smallest absolute Gasteiger partial charge is 0.251 e. The minimum Gasteiger partial charge on any atom is -0.493 e. The van der Waals surface area contributed by atoms with Gasteiger partial charge in [0.25, 0.3) is 5.91 Å². The molecule has 2 rings (SSSR count). The molecule has 1 heterocycles. The molecule has 1 aliphatic heterocycles. The van der Waals surface area contributed by atoms with E-state index < -0.39 is 0 Å². The van der Waals surface area contributed by atoms with Crippen molar-refractivity contribution in [2.24, 2.45) is 0 Å². The van der Waals surface area contributed by atoms with Crippen molar-refractivity contribution in [1.29, 1.82) is 0 Å². The van der Waals surface area contributed by atoms with Gasteiger partial charge in [0.1, 0.15) is 5.78 Å². The number of Topliss-reactive ketones (excluding diaryl/α,β-unsaturated/α-hetero) is 1. The molecule has 0 bridgehead atoms. The standard InChI is InChI=1S/C19H26N2O5/c1-13(22)4-7-18(23)21-10-8-15(9-11-21)20-19(24)14-5-6-16(25-2)17(12-14)26-3/h5-6,12,15H,4,7-11H2,1-3H3,(H,20,24). The number of benzene rings is 1. The monoisotopic (exact) mass is 362 g/mol. The van der Waals surface area contributed by atoms with Gasteiger partial charge in [0, 0.05) is 37.5 Å². The van der Waals surface area contributed by atoms with Crippen molar-refractivity contribution in [2.75, 3.05) is 27.3 Å². The predicted molar refractivity (Wildman–Crippen MR) is 96.5 cm³/mol. The van der Waals surface area contributed by atoms with Crippen LogP contribution in [0.2, 0.25) is 0 Å². The highest BCUT2D eigenvalue weighted by atomic mass is 16.5. The number of ether oxygens (including phenoxy) is 2. The van der Waals surface area contributed by atoms with Gasteiger partial charge < -0.3 is 24.5 Å². The Morgan fingerprint density at radius 3 is 2.31 bits per heavy atom. The maximum atomic E-state index is 12.4. The van der Waals surface area contributed by atoms with Gasteiger partial charge in [-0.25, -0.2) is 0 Å². The summed E-state index contributed by atoms with van der Waals surface area (Å²) >= 11 is 0. The maximum Gasteiger partial charge on any atom is 0.251 e. The molecule has 2 amide bonds. The zero-order chi connectivity index (χ0) is 19.1. The van der Waals surface area contributed by atoms with Gasteiger partial charge in [-0.3, -0.25) is 9.59 Å². The fourth-order valence-corrected chi connectivity index (χ4v) is 2.96. The summed E-state index contributed by atoms with van der Waals surface area (Å²) in [6, 6.07) is 5.06. The third-order valence-electron chi connectivity index (χ3n) is 4.52. The van der Waals surface area contributed by atoms with Crippen molar-refractivity contribution in [2.45, 2.75) is 38.6 Å². The molecule has 0 radical (unpaired) electrons. The second kappa shape index (κ2) is 9.22. The lowest BCUT2D eigenvalue weighted by molar-refractivity contribution is -0.133. The maximum absolute atomic E-state index is 12.4. The largest absolute Gasteiger partial charge is 0.493 e. The Morgan fingerprint density at radius 2 is 1.73 bits per heavy atom. The molecule has 26 heavy (non-hydrogen) atoms. The third-order valence-corrected chi connectivity index (χ3v) is 4.52. The first-order chi connectivity index (χ1) is 12.4. The second-order valence-electron chi connectivity index (χ2n) is 6.40. The molecule has 1 N–H and O–H groups in total. The molecule has 0 aliphatic carbocycles. The van der Waals surface area contributed by atoms with Crippen molar-refractivity contribution < 1.29 is 23.9 Å². The molecular weight excluding hydrogens is 336 g/mol. The van der Waals surface area contributed by atoms with Crippen molar-refractivity contribution in [3.8, 4) is 11.5 Å². The number of ketones is 1. The summed E-state index contributed by atoms with van der Waals surface area (Å²) in [6.45, 7) is 2.67. The number of hydrogen-bond acceptors (Lipinski definition) is 5. The lowest BCUT2D eigenvalue weighted by Crippen LogP contribution is -2.46. The van der Waals surface area contributed by atoms with Crippen LogP contribution in [0.5, 0.6) is 11.5 Å². The lowest BCUT2D eigenvalue weighted by Gasteiger charge is -2.32. The summed E-state index contributed by atoms with van der Waals surface area (Å²) in [6.07, 6.45) is 1.95. The van der Waals surface area contributed by atoms with Crippen LogP contribution in [0.1, 0.15) is 43.0 Å².